The van der Waals surface area contributed by atoms with Crippen LogP contribution in [0.3, 0.4) is 0 Å². The topological polar surface area (TPSA) is 86.2 Å². The maximum absolute atomic E-state index is 11.4. The zero-order chi connectivity index (χ0) is 10.9. The minimum Gasteiger partial charge on any atom is -0.258 e. The van der Waals surface area contributed by atoms with Crippen molar-refractivity contribution in [2.24, 2.45) is 5.14 Å². The lowest BCUT2D eigenvalue weighted by atomic mass is 10.2. The van der Waals surface area contributed by atoms with E-state index in [1.807, 2.05) is 0 Å². The first-order valence-corrected chi connectivity index (χ1v) is 5.51. The predicted octanol–water partition coefficient (Wildman–Crippen LogP) is 0.852. The highest BCUT2D eigenvalue weighted by Crippen LogP contribution is 2.19. The number of nitro benzene ring substituents is 1. The molecule has 1 unspecified atom stereocenters. The molecular formula is C8H10N2O3S. The first kappa shape index (κ1) is 10.7. The summed E-state index contributed by atoms with van der Waals surface area (Å²) in [7, 11) is -2.80. The van der Waals surface area contributed by atoms with Crippen LogP contribution in [-0.2, 0) is 9.71 Å². The summed E-state index contributed by atoms with van der Waals surface area (Å²) in [5.41, 5.74) is 0.469. The van der Waals surface area contributed by atoms with E-state index >= 15 is 0 Å². The molecule has 0 aromatic heterocycles. The Morgan fingerprint density at radius 1 is 1.57 bits per heavy atom. The second kappa shape index (κ2) is 3.39. The van der Waals surface area contributed by atoms with E-state index < -0.39 is 14.6 Å². The SMILES string of the molecule is C=S(N)(=O)c1ccc([N+](=O)[O-])cc1C. The van der Waals surface area contributed by atoms with Crippen LogP contribution in [0.2, 0.25) is 0 Å². The molecule has 0 aliphatic heterocycles. The van der Waals surface area contributed by atoms with Gasteiger partial charge >= 0.3 is 0 Å². The number of hydrogen-bond donors (Lipinski definition) is 1. The number of nitrogens with two attached hydrogens (primary N) is 1. The highest BCUT2D eigenvalue weighted by molar-refractivity contribution is 7.98. The third kappa shape index (κ3) is 2.09. The Labute approximate surface area is 81.8 Å². The minimum atomic E-state index is -2.80. The molecule has 0 aliphatic carbocycles. The second-order valence-corrected chi connectivity index (χ2v) is 4.83. The van der Waals surface area contributed by atoms with Crippen LogP contribution in [0, 0.1) is 17.0 Å². The fraction of sp³-hybridized carbons (Fsp3) is 0.125. The van der Waals surface area contributed by atoms with Crippen molar-refractivity contribution in [1.82, 2.24) is 0 Å². The largest absolute Gasteiger partial charge is 0.269 e. The third-order valence-corrected chi connectivity index (χ3v) is 2.94. The van der Waals surface area contributed by atoms with Gasteiger partial charge in [0.25, 0.3) is 5.69 Å². The molecule has 1 aromatic carbocycles. The Hall–Kier alpha value is -1.40. The van der Waals surface area contributed by atoms with E-state index in [4.69, 9.17) is 5.14 Å². The van der Waals surface area contributed by atoms with Gasteiger partial charge in [-0.05, 0) is 24.4 Å². The number of nitrogens with zero attached hydrogens (tertiary/aromatic N) is 1. The molecule has 0 saturated carbocycles. The zero-order valence-electron chi connectivity index (χ0n) is 7.60. The molecule has 1 aromatic rings. The lowest BCUT2D eigenvalue weighted by Gasteiger charge is -2.05. The monoisotopic (exact) mass is 214 g/mol. The van der Waals surface area contributed by atoms with Crippen molar-refractivity contribution in [3.63, 3.8) is 0 Å². The Morgan fingerprint density at radius 2 is 2.14 bits per heavy atom. The quantitative estimate of drug-likeness (QED) is 0.450. The van der Waals surface area contributed by atoms with E-state index in [0.717, 1.165) is 0 Å². The summed E-state index contributed by atoms with van der Waals surface area (Å²) in [5.74, 6) is 3.31. The van der Waals surface area contributed by atoms with Crippen LogP contribution < -0.4 is 5.14 Å². The second-order valence-electron chi connectivity index (χ2n) is 2.93. The van der Waals surface area contributed by atoms with Crippen molar-refractivity contribution in [1.29, 1.82) is 0 Å². The molecule has 0 fully saturated rings. The molecule has 2 N–H and O–H groups in total. The van der Waals surface area contributed by atoms with Crippen LogP contribution in [0.1, 0.15) is 5.56 Å². The lowest BCUT2D eigenvalue weighted by molar-refractivity contribution is -0.385. The molecule has 0 saturated heterocycles. The number of aryl methyl sites for hydroxylation is 1. The average Bonchev–Trinajstić information content (AvgIpc) is 2.01. The van der Waals surface area contributed by atoms with Crippen LogP contribution in [0.15, 0.2) is 23.1 Å². The van der Waals surface area contributed by atoms with E-state index in [1.54, 1.807) is 6.92 Å². The Kier molecular flexibility index (Phi) is 2.59. The van der Waals surface area contributed by atoms with Crippen molar-refractivity contribution in [2.75, 3.05) is 0 Å². The van der Waals surface area contributed by atoms with Crippen LogP contribution in [0.4, 0.5) is 5.69 Å². The van der Waals surface area contributed by atoms with Gasteiger partial charge in [0, 0.05) is 17.0 Å². The first-order valence-electron chi connectivity index (χ1n) is 3.72. The standard InChI is InChI=1S/C8H10N2O3S/c1-6-5-7(10(11)12)3-4-8(6)14(2,9)13/h3-5H,2H2,1H3,(H2,9,13). The van der Waals surface area contributed by atoms with Gasteiger partial charge in [0.2, 0.25) is 0 Å². The molecule has 0 spiro atoms. The smallest absolute Gasteiger partial charge is 0.258 e. The minimum absolute atomic E-state index is 0.0464. The molecule has 76 valence electrons. The summed E-state index contributed by atoms with van der Waals surface area (Å²) in [4.78, 5) is 10.2. The summed E-state index contributed by atoms with van der Waals surface area (Å²) in [5, 5.41) is 15.7. The average molecular weight is 214 g/mol. The zero-order valence-corrected chi connectivity index (χ0v) is 8.41. The van der Waals surface area contributed by atoms with E-state index in [0.29, 0.717) is 10.5 Å². The highest BCUT2D eigenvalue weighted by atomic mass is 32.2. The molecule has 1 atom stereocenters. The molecule has 0 bridgehead atoms. The summed E-state index contributed by atoms with van der Waals surface area (Å²) in [6.07, 6.45) is 0. The van der Waals surface area contributed by atoms with Crippen LogP contribution in [0.5, 0.6) is 0 Å². The molecule has 14 heavy (non-hydrogen) atoms. The number of hydrogen-bond acceptors (Lipinski definition) is 3. The number of non-ortho nitro benzene ring substituents is 1. The number of benzene rings is 1. The molecular weight excluding hydrogens is 204 g/mol. The fourth-order valence-corrected chi connectivity index (χ4v) is 2.04. The van der Waals surface area contributed by atoms with Crippen molar-refractivity contribution in [3.05, 3.63) is 33.9 Å². The lowest BCUT2D eigenvalue weighted by Crippen LogP contribution is -2.13. The molecule has 5 nitrogen and oxygen atoms in total. The predicted molar refractivity (Wildman–Crippen MR) is 55.6 cm³/mol. The molecule has 0 radical (unpaired) electrons. The first-order chi connectivity index (χ1) is 6.32. The molecule has 0 aliphatic rings. The van der Waals surface area contributed by atoms with Gasteiger partial charge in [-0.25, -0.2) is 4.21 Å². The third-order valence-electron chi connectivity index (χ3n) is 1.74. The Balaban J connectivity index is 3.35. The van der Waals surface area contributed by atoms with E-state index in [1.165, 1.54) is 18.2 Å². The van der Waals surface area contributed by atoms with E-state index in [2.05, 4.69) is 5.87 Å². The van der Waals surface area contributed by atoms with Crippen molar-refractivity contribution < 1.29 is 9.13 Å². The van der Waals surface area contributed by atoms with Crippen LogP contribution in [0.25, 0.3) is 0 Å². The normalized spacial score (nSPS) is 14.7. The van der Waals surface area contributed by atoms with E-state index in [-0.39, 0.29) is 5.69 Å². The molecule has 0 heterocycles. The number of nitro groups is 1. The van der Waals surface area contributed by atoms with Gasteiger partial charge in [-0.1, -0.05) is 0 Å². The van der Waals surface area contributed by atoms with Crippen LogP contribution >= 0.6 is 0 Å². The Bertz CT molecular complexity index is 479. The van der Waals surface area contributed by atoms with Gasteiger partial charge in [0.1, 0.15) is 0 Å². The van der Waals surface area contributed by atoms with Gasteiger partial charge in [-0.2, -0.15) is 0 Å². The van der Waals surface area contributed by atoms with Gasteiger partial charge in [-0.15, -0.1) is 0 Å². The highest BCUT2D eigenvalue weighted by Gasteiger charge is 2.11. The number of rotatable bonds is 2. The summed E-state index contributed by atoms with van der Waals surface area (Å²) >= 11 is 0. The van der Waals surface area contributed by atoms with Crippen LogP contribution in [-0.4, -0.2) is 15.0 Å². The van der Waals surface area contributed by atoms with Gasteiger partial charge < -0.3 is 0 Å². The maximum atomic E-state index is 11.4. The summed E-state index contributed by atoms with van der Waals surface area (Å²) < 4.78 is 11.4. The molecule has 1 rings (SSSR count). The molecule has 0 amide bonds. The van der Waals surface area contributed by atoms with Crippen molar-refractivity contribution >= 4 is 21.3 Å². The Morgan fingerprint density at radius 3 is 2.50 bits per heavy atom. The maximum Gasteiger partial charge on any atom is 0.269 e. The van der Waals surface area contributed by atoms with Crippen molar-refractivity contribution in [2.45, 2.75) is 11.8 Å². The summed E-state index contributed by atoms with van der Waals surface area (Å²) in [6.45, 7) is 1.61. The van der Waals surface area contributed by atoms with Gasteiger partial charge in [-0.3, -0.25) is 15.3 Å². The van der Waals surface area contributed by atoms with Gasteiger partial charge in [0.05, 0.1) is 14.6 Å². The van der Waals surface area contributed by atoms with Crippen molar-refractivity contribution in [3.8, 4) is 0 Å². The van der Waals surface area contributed by atoms with E-state index in [9.17, 15) is 14.3 Å². The van der Waals surface area contributed by atoms with Gasteiger partial charge in [0.15, 0.2) is 0 Å². The summed E-state index contributed by atoms with van der Waals surface area (Å²) in [6, 6.07) is 3.97. The molecule has 6 heteroatoms. The fourth-order valence-electron chi connectivity index (χ4n) is 1.13.